The second-order valence-corrected chi connectivity index (χ2v) is 7.34. The van der Waals surface area contributed by atoms with E-state index in [1.165, 1.54) is 38.1 Å². The quantitative estimate of drug-likeness (QED) is 0.716. The molecule has 2 atom stereocenters. The van der Waals surface area contributed by atoms with Crippen molar-refractivity contribution in [2.75, 3.05) is 31.6 Å². The number of nitrogens with one attached hydrogen (secondary N) is 1. The van der Waals surface area contributed by atoms with Crippen molar-refractivity contribution in [2.24, 2.45) is 5.92 Å². The highest BCUT2D eigenvalue weighted by atomic mass is 32.2. The number of piperazine rings is 1. The van der Waals surface area contributed by atoms with Crippen molar-refractivity contribution in [1.29, 1.82) is 0 Å². The number of rotatable bonds is 7. The molecule has 108 valence electrons. The molecule has 0 amide bonds. The molecule has 0 spiro atoms. The van der Waals surface area contributed by atoms with Gasteiger partial charge in [-0.1, -0.05) is 20.8 Å². The van der Waals surface area contributed by atoms with Crippen LogP contribution >= 0.6 is 11.8 Å². The fraction of sp³-hybridized carbons (Fsp3) is 1.00. The van der Waals surface area contributed by atoms with Crippen LogP contribution in [0.4, 0.5) is 0 Å². The lowest BCUT2D eigenvalue weighted by molar-refractivity contribution is 0.0448. The Morgan fingerprint density at radius 2 is 2.17 bits per heavy atom. The van der Waals surface area contributed by atoms with E-state index in [1.54, 1.807) is 0 Å². The fourth-order valence-corrected chi connectivity index (χ4v) is 3.28. The van der Waals surface area contributed by atoms with Gasteiger partial charge in [0.05, 0.1) is 0 Å². The largest absolute Gasteiger partial charge is 0.311 e. The maximum absolute atomic E-state index is 3.77. The van der Waals surface area contributed by atoms with E-state index in [0.29, 0.717) is 11.6 Å². The Morgan fingerprint density at radius 1 is 1.44 bits per heavy atom. The predicted molar refractivity (Wildman–Crippen MR) is 84.5 cm³/mol. The van der Waals surface area contributed by atoms with Crippen molar-refractivity contribution in [3.8, 4) is 0 Å². The molecule has 0 aromatic carbocycles. The molecule has 1 aliphatic heterocycles. The third-order valence-corrected chi connectivity index (χ3v) is 4.97. The molecule has 3 heteroatoms. The van der Waals surface area contributed by atoms with Crippen molar-refractivity contribution in [3.63, 3.8) is 0 Å². The molecule has 1 heterocycles. The van der Waals surface area contributed by atoms with Crippen molar-refractivity contribution >= 4 is 11.8 Å². The summed E-state index contributed by atoms with van der Waals surface area (Å²) >= 11 is 1.97. The zero-order valence-corrected chi connectivity index (χ0v) is 13.8. The lowest BCUT2D eigenvalue weighted by Gasteiger charge is -2.48. The molecule has 2 unspecified atom stereocenters. The summed E-state index contributed by atoms with van der Waals surface area (Å²) in [4.78, 5) is 2.74. The first-order valence-corrected chi connectivity index (χ1v) is 8.88. The summed E-state index contributed by atoms with van der Waals surface area (Å²) in [5.41, 5.74) is 0.367. The van der Waals surface area contributed by atoms with Crippen LogP contribution in [0.15, 0.2) is 0 Å². The first-order valence-electron chi connectivity index (χ1n) is 7.49. The summed E-state index contributed by atoms with van der Waals surface area (Å²) < 4.78 is 0. The highest BCUT2D eigenvalue weighted by Crippen LogP contribution is 2.25. The molecular weight excluding hydrogens is 240 g/mol. The van der Waals surface area contributed by atoms with Crippen molar-refractivity contribution in [3.05, 3.63) is 0 Å². The molecule has 0 saturated carbocycles. The minimum absolute atomic E-state index is 0.367. The van der Waals surface area contributed by atoms with Crippen LogP contribution in [-0.4, -0.2) is 48.1 Å². The van der Waals surface area contributed by atoms with E-state index in [0.717, 1.165) is 12.5 Å². The van der Waals surface area contributed by atoms with Crippen molar-refractivity contribution in [1.82, 2.24) is 10.2 Å². The van der Waals surface area contributed by atoms with Gasteiger partial charge in [-0.25, -0.2) is 0 Å². The van der Waals surface area contributed by atoms with Gasteiger partial charge in [0, 0.05) is 24.7 Å². The number of thioether (sulfide) groups is 1. The van der Waals surface area contributed by atoms with Crippen LogP contribution in [0.5, 0.6) is 0 Å². The van der Waals surface area contributed by atoms with Gasteiger partial charge < -0.3 is 5.32 Å². The second-order valence-electron chi connectivity index (χ2n) is 6.35. The van der Waals surface area contributed by atoms with Crippen molar-refractivity contribution < 1.29 is 0 Å². The van der Waals surface area contributed by atoms with Gasteiger partial charge in [-0.15, -0.1) is 0 Å². The third kappa shape index (κ3) is 4.75. The monoisotopic (exact) mass is 272 g/mol. The Balaban J connectivity index is 2.53. The third-order valence-electron chi connectivity index (χ3n) is 4.27. The van der Waals surface area contributed by atoms with Crippen LogP contribution in [0.3, 0.4) is 0 Å². The standard InChI is InChI=1S/C15H32N2S/c1-6-15(4)12-16-14(10-13(2)3)11-17(15)8-7-9-18-5/h13-14,16H,6-12H2,1-5H3. The molecule has 1 rings (SSSR count). The Labute approximate surface area is 118 Å². The molecule has 1 saturated heterocycles. The minimum Gasteiger partial charge on any atom is -0.311 e. The SMILES string of the molecule is CCC1(C)CNC(CC(C)C)CN1CCCSC. The van der Waals surface area contributed by atoms with Gasteiger partial charge in [0.1, 0.15) is 0 Å². The zero-order valence-electron chi connectivity index (χ0n) is 13.0. The summed E-state index contributed by atoms with van der Waals surface area (Å²) in [5.74, 6) is 2.08. The summed E-state index contributed by atoms with van der Waals surface area (Å²) in [6, 6.07) is 0.693. The lowest BCUT2D eigenvalue weighted by Crippen LogP contribution is -2.63. The van der Waals surface area contributed by atoms with E-state index >= 15 is 0 Å². The highest BCUT2D eigenvalue weighted by Gasteiger charge is 2.35. The predicted octanol–water partition coefficient (Wildman–Crippen LogP) is 3.23. The van der Waals surface area contributed by atoms with Gasteiger partial charge in [0.25, 0.3) is 0 Å². The average Bonchev–Trinajstić information content (AvgIpc) is 2.33. The van der Waals surface area contributed by atoms with Crippen LogP contribution < -0.4 is 5.32 Å². The molecule has 18 heavy (non-hydrogen) atoms. The molecule has 0 radical (unpaired) electrons. The molecule has 0 bridgehead atoms. The van der Waals surface area contributed by atoms with Gasteiger partial charge >= 0.3 is 0 Å². The Bertz CT molecular complexity index is 233. The minimum atomic E-state index is 0.367. The molecule has 1 fully saturated rings. The fourth-order valence-electron chi connectivity index (χ4n) is 2.86. The van der Waals surface area contributed by atoms with Gasteiger partial charge in [0.15, 0.2) is 0 Å². The average molecular weight is 273 g/mol. The summed E-state index contributed by atoms with van der Waals surface area (Å²) in [6.07, 6.45) is 6.08. The Hall–Kier alpha value is 0.270. The molecule has 1 N–H and O–H groups in total. The van der Waals surface area contributed by atoms with E-state index < -0.39 is 0 Å². The second kappa shape index (κ2) is 7.76. The van der Waals surface area contributed by atoms with Crippen LogP contribution in [0.25, 0.3) is 0 Å². The highest BCUT2D eigenvalue weighted by molar-refractivity contribution is 7.98. The zero-order chi connectivity index (χ0) is 13.6. The molecule has 0 aromatic heterocycles. The van der Waals surface area contributed by atoms with Crippen molar-refractivity contribution in [2.45, 2.75) is 58.5 Å². The molecule has 2 nitrogen and oxygen atoms in total. The molecular formula is C15H32N2S. The van der Waals surface area contributed by atoms with Crippen LogP contribution in [0, 0.1) is 5.92 Å². The normalized spacial score (nSPS) is 30.0. The molecule has 1 aliphatic rings. The Kier molecular flexibility index (Phi) is 7.04. The maximum Gasteiger partial charge on any atom is 0.0303 e. The summed E-state index contributed by atoms with van der Waals surface area (Å²) in [6.45, 7) is 13.1. The topological polar surface area (TPSA) is 15.3 Å². The van der Waals surface area contributed by atoms with E-state index in [4.69, 9.17) is 0 Å². The summed E-state index contributed by atoms with van der Waals surface area (Å²) in [7, 11) is 0. The summed E-state index contributed by atoms with van der Waals surface area (Å²) in [5, 5.41) is 3.77. The lowest BCUT2D eigenvalue weighted by atomic mass is 9.90. The number of hydrogen-bond donors (Lipinski definition) is 1. The van der Waals surface area contributed by atoms with Crippen LogP contribution in [-0.2, 0) is 0 Å². The van der Waals surface area contributed by atoms with Gasteiger partial charge in [-0.2, -0.15) is 11.8 Å². The van der Waals surface area contributed by atoms with E-state index in [9.17, 15) is 0 Å². The maximum atomic E-state index is 3.77. The van der Waals surface area contributed by atoms with E-state index in [2.05, 4.69) is 44.2 Å². The number of hydrogen-bond acceptors (Lipinski definition) is 3. The van der Waals surface area contributed by atoms with Gasteiger partial charge in [0.2, 0.25) is 0 Å². The van der Waals surface area contributed by atoms with E-state index in [-0.39, 0.29) is 0 Å². The smallest absolute Gasteiger partial charge is 0.0303 e. The molecule has 0 aliphatic carbocycles. The van der Waals surface area contributed by atoms with Gasteiger partial charge in [-0.3, -0.25) is 4.90 Å². The number of nitrogens with zero attached hydrogens (tertiary/aromatic N) is 1. The molecule has 0 aromatic rings. The first kappa shape index (κ1) is 16.3. The first-order chi connectivity index (χ1) is 8.51. The van der Waals surface area contributed by atoms with Crippen LogP contribution in [0.2, 0.25) is 0 Å². The van der Waals surface area contributed by atoms with Gasteiger partial charge in [-0.05, 0) is 50.7 Å². The van der Waals surface area contributed by atoms with E-state index in [1.807, 2.05) is 11.8 Å². The van der Waals surface area contributed by atoms with Crippen LogP contribution in [0.1, 0.15) is 47.0 Å². The Morgan fingerprint density at radius 3 is 2.72 bits per heavy atom.